The normalized spacial score (nSPS) is 6.50. The average Bonchev–Trinajstić information content (AvgIpc) is 0.811. The predicted molar refractivity (Wildman–Crippen MR) is 2.90 cm³/mol. The molecule has 0 saturated carbocycles. The summed E-state index contributed by atoms with van der Waals surface area (Å²) in [6, 6.07) is 0. The summed E-state index contributed by atoms with van der Waals surface area (Å²) in [6.07, 6.45) is 0. The Morgan fingerprint density at radius 1 is 1.50 bits per heavy atom. The van der Waals surface area contributed by atoms with Gasteiger partial charge in [0.2, 0.25) is 0 Å². The first-order chi connectivity index (χ1) is 1.73. The van der Waals surface area contributed by atoms with E-state index in [2.05, 4.69) is 0 Å². The minimum absolute atomic E-state index is 4.79. The zero-order chi connectivity index (χ0) is 3.58. The maximum atomic E-state index is 9.97. The van der Waals surface area contributed by atoms with Gasteiger partial charge >= 0.3 is 31.0 Å². The topological polar surface area (TPSA) is 17.1 Å². The van der Waals surface area contributed by atoms with Crippen LogP contribution in [0.4, 0.5) is 5.25 Å². The molecule has 4 heavy (non-hydrogen) atoms. The van der Waals surface area contributed by atoms with Crippen molar-refractivity contribution in [2.75, 3.05) is 0 Å². The van der Waals surface area contributed by atoms with Gasteiger partial charge in [0.25, 0.3) is 0 Å². The van der Waals surface area contributed by atoms with Crippen molar-refractivity contribution in [3.8, 4) is 0 Å². The zero-order valence-corrected chi connectivity index (χ0v) is 4.12. The van der Waals surface area contributed by atoms with E-state index < -0.39 is 23.0 Å². The van der Waals surface area contributed by atoms with Crippen molar-refractivity contribution in [2.24, 2.45) is 0 Å². The maximum absolute atomic E-state index is 9.97. The molecule has 0 aromatic carbocycles. The van der Waals surface area contributed by atoms with Crippen molar-refractivity contribution in [2.45, 2.75) is 0 Å². The van der Waals surface area contributed by atoms with Crippen LogP contribution in [0, 0.1) is 0 Å². The Bertz CT molecular complexity index is 29.0. The molecular weight excluding hydrogens is 145 g/mol. The van der Waals surface area contributed by atoms with Gasteiger partial charge in [-0.3, -0.25) is 0 Å². The summed E-state index contributed by atoms with van der Waals surface area (Å²) in [6.45, 7) is 0. The molecule has 0 saturated heterocycles. The van der Waals surface area contributed by atoms with E-state index in [1.54, 1.807) is 0 Å². The van der Waals surface area contributed by atoms with Crippen molar-refractivity contribution < 1.29 is 31.0 Å². The zero-order valence-electron chi connectivity index (χ0n) is 1.66. The average molecular weight is 145 g/mol. The van der Waals surface area contributed by atoms with Crippen molar-refractivity contribution in [3.05, 3.63) is 0 Å². The van der Waals surface area contributed by atoms with Gasteiger partial charge in [-0.1, -0.05) is 0 Å². The Balaban J connectivity index is 2.80. The summed E-state index contributed by atoms with van der Waals surface area (Å²) in [4.78, 5) is 0. The van der Waals surface area contributed by atoms with E-state index in [1.807, 2.05) is 0 Å². The predicted octanol–water partition coefficient (Wildman–Crippen LogP) is 0.719. The first kappa shape index (κ1) is 4.54. The third-order valence-electron chi connectivity index (χ3n) is 0. The molecule has 0 unspecified atom stereocenters. The molecule has 0 spiro atoms. The molecule has 0 aliphatic rings. The van der Waals surface area contributed by atoms with Crippen LogP contribution >= 0.6 is 0 Å². The Labute approximate surface area is 31.5 Å². The minimum atomic E-state index is -4.79. The van der Waals surface area contributed by atoms with Gasteiger partial charge in [-0.25, -0.2) is 0 Å². The van der Waals surface area contributed by atoms with Gasteiger partial charge < -0.3 is 0 Å². The van der Waals surface area contributed by atoms with Crippen LogP contribution in [-0.2, 0) is 25.8 Å². The molecule has 0 amide bonds. The molecule has 1 nitrogen and oxygen atoms in total. The first-order valence-electron chi connectivity index (χ1n) is 0.582. The van der Waals surface area contributed by atoms with Crippen LogP contribution in [0.15, 0.2) is 0 Å². The number of rotatable bonds is 0. The first-order valence-corrected chi connectivity index (χ1v) is 3.44. The molecule has 0 bridgehead atoms. The third-order valence-corrected chi connectivity index (χ3v) is 0. The summed E-state index contributed by atoms with van der Waals surface area (Å²) in [5.74, 6) is 0. The molecule has 0 aliphatic heterocycles. The van der Waals surface area contributed by atoms with Crippen LogP contribution < -0.4 is 0 Å². The fraction of sp³-hybridized carbons (Fsp3) is 0. The molecule has 0 radical (unpaired) electrons. The number of halogens is 2. The molecule has 0 aromatic heterocycles. The Kier molecular flexibility index (Phi) is 2.07. The van der Waals surface area contributed by atoms with Gasteiger partial charge in [0.1, 0.15) is 0 Å². The fourth-order valence-corrected chi connectivity index (χ4v) is 0. The van der Waals surface area contributed by atoms with Crippen LogP contribution in [0.1, 0.15) is 0 Å². The molecular formula is F2OZr. The molecule has 0 aromatic rings. The molecule has 0 heterocycles. The van der Waals surface area contributed by atoms with Crippen LogP contribution in [0.3, 0.4) is 0 Å². The molecule has 24 valence electrons. The van der Waals surface area contributed by atoms with Crippen molar-refractivity contribution >= 4 is 0 Å². The second-order valence-corrected chi connectivity index (χ2v) is 1.34. The fourth-order valence-electron chi connectivity index (χ4n) is 0. The summed E-state index contributed by atoms with van der Waals surface area (Å²) in [5.41, 5.74) is 0. The Morgan fingerprint density at radius 2 is 1.50 bits per heavy atom. The standard InChI is InChI=1S/2FH.O.Zr/h2*1H;;/q;;;+2/p-2. The van der Waals surface area contributed by atoms with Gasteiger partial charge in [0, 0.05) is 0 Å². The number of hydrogen-bond acceptors (Lipinski definition) is 1. The molecule has 0 rings (SSSR count). The molecule has 0 N–H and O–H groups in total. The van der Waals surface area contributed by atoms with E-state index in [-0.39, 0.29) is 0 Å². The summed E-state index contributed by atoms with van der Waals surface area (Å²) in [7, 11) is 0. The van der Waals surface area contributed by atoms with E-state index in [4.69, 9.17) is 2.81 Å². The Hall–Kier alpha value is 0.543. The van der Waals surface area contributed by atoms with Crippen LogP contribution in [0.25, 0.3) is 0 Å². The van der Waals surface area contributed by atoms with Crippen molar-refractivity contribution in [1.82, 2.24) is 0 Å². The summed E-state index contributed by atoms with van der Waals surface area (Å²) >= 11 is -4.79. The van der Waals surface area contributed by atoms with E-state index in [0.717, 1.165) is 0 Å². The monoisotopic (exact) mass is 144 g/mol. The third kappa shape index (κ3) is 20.5. The Morgan fingerprint density at radius 3 is 1.50 bits per heavy atom. The molecule has 4 heteroatoms. The molecule has 0 aliphatic carbocycles. The van der Waals surface area contributed by atoms with Gasteiger partial charge in [-0.05, 0) is 0 Å². The van der Waals surface area contributed by atoms with E-state index in [9.17, 15) is 5.25 Å². The van der Waals surface area contributed by atoms with E-state index in [0.29, 0.717) is 0 Å². The SMILES string of the molecule is [O]=[Zr]([F])[F]. The second-order valence-electron chi connectivity index (χ2n) is 0.226. The molecule has 0 atom stereocenters. The quantitative estimate of drug-likeness (QED) is 0.491. The van der Waals surface area contributed by atoms with Crippen LogP contribution in [0.5, 0.6) is 0 Å². The van der Waals surface area contributed by atoms with Crippen molar-refractivity contribution in [1.29, 1.82) is 0 Å². The number of hydrogen-bond donors (Lipinski definition) is 0. The van der Waals surface area contributed by atoms with Gasteiger partial charge in [0.05, 0.1) is 0 Å². The van der Waals surface area contributed by atoms with Crippen LogP contribution in [-0.4, -0.2) is 0 Å². The van der Waals surface area contributed by atoms with Crippen LogP contribution in [0.2, 0.25) is 0 Å². The van der Waals surface area contributed by atoms with Gasteiger partial charge in [0.15, 0.2) is 0 Å². The van der Waals surface area contributed by atoms with E-state index >= 15 is 0 Å². The molecule has 0 fully saturated rings. The second kappa shape index (κ2) is 1.83. The summed E-state index contributed by atoms with van der Waals surface area (Å²) in [5, 5.41) is 0. The van der Waals surface area contributed by atoms with E-state index in [1.165, 1.54) is 0 Å². The van der Waals surface area contributed by atoms with Gasteiger partial charge in [-0.2, -0.15) is 0 Å². The van der Waals surface area contributed by atoms with Crippen molar-refractivity contribution in [3.63, 3.8) is 0 Å². The van der Waals surface area contributed by atoms with Gasteiger partial charge in [-0.15, -0.1) is 0 Å². The summed E-state index contributed by atoms with van der Waals surface area (Å²) < 4.78 is 28.3.